The summed E-state index contributed by atoms with van der Waals surface area (Å²) in [6.07, 6.45) is 4.14. The van der Waals surface area contributed by atoms with Crippen molar-refractivity contribution in [1.82, 2.24) is 9.55 Å². The quantitative estimate of drug-likeness (QED) is 0.743. The average molecular weight is 296 g/mol. The minimum atomic E-state index is -4.28. The minimum Gasteiger partial charge on any atom is -0.337 e. The van der Waals surface area contributed by atoms with Gasteiger partial charge in [0.25, 0.3) is 0 Å². The highest BCUT2D eigenvalue weighted by Gasteiger charge is 2.30. The fourth-order valence-corrected chi connectivity index (χ4v) is 2.41. The zero-order chi connectivity index (χ0) is 15.3. The van der Waals surface area contributed by atoms with Gasteiger partial charge in [0.2, 0.25) is 0 Å². The third kappa shape index (κ3) is 4.34. The first-order valence-corrected chi connectivity index (χ1v) is 7.13. The molecular weight excluding hydrogens is 277 g/mol. The average Bonchev–Trinajstić information content (AvgIpc) is 2.95. The highest BCUT2D eigenvalue weighted by molar-refractivity contribution is 5.27. The van der Waals surface area contributed by atoms with Crippen LogP contribution in [0.5, 0.6) is 0 Å². The number of rotatable bonds is 6. The fraction of sp³-hybridized carbons (Fsp3) is 0.438. The van der Waals surface area contributed by atoms with E-state index in [1.807, 2.05) is 10.8 Å². The summed E-state index contributed by atoms with van der Waals surface area (Å²) in [6, 6.07) is 5.53. The Morgan fingerprint density at radius 3 is 2.43 bits per heavy atom. The molecule has 0 spiro atoms. The molecule has 21 heavy (non-hydrogen) atoms. The zero-order valence-corrected chi connectivity index (χ0v) is 12.0. The third-order valence-electron chi connectivity index (χ3n) is 3.61. The molecule has 0 bridgehead atoms. The minimum absolute atomic E-state index is 0.210. The molecule has 0 aliphatic rings. The highest BCUT2D eigenvalue weighted by Crippen LogP contribution is 2.31. The van der Waals surface area contributed by atoms with Crippen molar-refractivity contribution in [2.24, 2.45) is 0 Å². The van der Waals surface area contributed by atoms with Gasteiger partial charge in [0.15, 0.2) is 0 Å². The van der Waals surface area contributed by atoms with Gasteiger partial charge in [-0.05, 0) is 24.1 Å². The number of aromatic nitrogens is 2. The summed E-state index contributed by atoms with van der Waals surface area (Å²) >= 11 is 0. The van der Waals surface area contributed by atoms with Crippen LogP contribution in [0, 0.1) is 0 Å². The summed E-state index contributed by atoms with van der Waals surface area (Å²) in [5.74, 6) is 0.210. The SMILES string of the molecule is CCCCC(Cn1ccnc1)c1ccc(C(F)(F)F)cc1. The molecule has 2 aromatic rings. The molecule has 1 unspecified atom stereocenters. The largest absolute Gasteiger partial charge is 0.416 e. The molecule has 2 rings (SSSR count). The van der Waals surface area contributed by atoms with Crippen molar-refractivity contribution in [2.45, 2.75) is 44.8 Å². The lowest BCUT2D eigenvalue weighted by Gasteiger charge is -2.18. The van der Waals surface area contributed by atoms with Crippen LogP contribution in [0.1, 0.15) is 43.2 Å². The number of alkyl halides is 3. The van der Waals surface area contributed by atoms with E-state index in [-0.39, 0.29) is 5.92 Å². The molecule has 0 N–H and O–H groups in total. The van der Waals surface area contributed by atoms with Crippen molar-refractivity contribution in [3.8, 4) is 0 Å². The Morgan fingerprint density at radius 1 is 1.19 bits per heavy atom. The first kappa shape index (κ1) is 15.6. The topological polar surface area (TPSA) is 17.8 Å². The van der Waals surface area contributed by atoms with Gasteiger partial charge in [-0.1, -0.05) is 31.9 Å². The molecule has 0 saturated heterocycles. The van der Waals surface area contributed by atoms with Crippen molar-refractivity contribution in [3.63, 3.8) is 0 Å². The van der Waals surface area contributed by atoms with Crippen LogP contribution in [0.3, 0.4) is 0 Å². The standard InChI is InChI=1S/C16H19F3N2/c1-2-3-4-14(11-21-10-9-20-12-21)13-5-7-15(8-6-13)16(17,18)19/h5-10,12,14H,2-4,11H2,1H3. The molecule has 1 atom stereocenters. The summed E-state index contributed by atoms with van der Waals surface area (Å²) < 4.78 is 39.8. The van der Waals surface area contributed by atoms with Gasteiger partial charge in [-0.25, -0.2) is 4.98 Å². The Morgan fingerprint density at radius 2 is 1.90 bits per heavy atom. The van der Waals surface area contributed by atoms with E-state index in [4.69, 9.17) is 0 Å². The number of halogens is 3. The van der Waals surface area contributed by atoms with Crippen LogP contribution in [-0.4, -0.2) is 9.55 Å². The predicted molar refractivity (Wildman–Crippen MR) is 75.9 cm³/mol. The first-order chi connectivity index (χ1) is 10.0. The van der Waals surface area contributed by atoms with E-state index in [9.17, 15) is 13.2 Å². The Balaban J connectivity index is 2.15. The third-order valence-corrected chi connectivity index (χ3v) is 3.61. The van der Waals surface area contributed by atoms with E-state index < -0.39 is 11.7 Å². The van der Waals surface area contributed by atoms with Gasteiger partial charge in [0.1, 0.15) is 0 Å². The molecule has 0 aliphatic heterocycles. The Hall–Kier alpha value is -1.78. The van der Waals surface area contributed by atoms with E-state index in [1.54, 1.807) is 24.7 Å². The van der Waals surface area contributed by atoms with Gasteiger partial charge in [-0.3, -0.25) is 0 Å². The number of nitrogens with zero attached hydrogens (tertiary/aromatic N) is 2. The first-order valence-electron chi connectivity index (χ1n) is 7.13. The Kier molecular flexibility index (Phi) is 5.04. The van der Waals surface area contributed by atoms with Crippen LogP contribution in [0.25, 0.3) is 0 Å². The van der Waals surface area contributed by atoms with Crippen molar-refractivity contribution in [1.29, 1.82) is 0 Å². The highest BCUT2D eigenvalue weighted by atomic mass is 19.4. The second-order valence-corrected chi connectivity index (χ2v) is 5.22. The summed E-state index contributed by atoms with van der Waals surface area (Å²) in [7, 11) is 0. The van der Waals surface area contributed by atoms with Crippen molar-refractivity contribution in [3.05, 3.63) is 54.1 Å². The van der Waals surface area contributed by atoms with Crippen LogP contribution >= 0.6 is 0 Å². The predicted octanol–water partition coefficient (Wildman–Crippen LogP) is 4.88. The Labute approximate surface area is 122 Å². The van der Waals surface area contributed by atoms with Gasteiger partial charge in [-0.15, -0.1) is 0 Å². The molecule has 114 valence electrons. The van der Waals surface area contributed by atoms with Gasteiger partial charge in [0.05, 0.1) is 11.9 Å². The van der Waals surface area contributed by atoms with Crippen LogP contribution in [0.2, 0.25) is 0 Å². The fourth-order valence-electron chi connectivity index (χ4n) is 2.41. The lowest BCUT2D eigenvalue weighted by molar-refractivity contribution is -0.137. The molecule has 1 aromatic heterocycles. The molecule has 1 heterocycles. The summed E-state index contributed by atoms with van der Waals surface area (Å²) in [5.41, 5.74) is 0.355. The van der Waals surface area contributed by atoms with E-state index in [1.165, 1.54) is 12.1 Å². The van der Waals surface area contributed by atoms with Crippen molar-refractivity contribution < 1.29 is 13.2 Å². The van der Waals surface area contributed by atoms with Crippen molar-refractivity contribution >= 4 is 0 Å². The maximum absolute atomic E-state index is 12.6. The van der Waals surface area contributed by atoms with Crippen LogP contribution in [0.15, 0.2) is 43.0 Å². The molecule has 0 radical (unpaired) electrons. The molecule has 1 aromatic carbocycles. The number of imidazole rings is 1. The summed E-state index contributed by atoms with van der Waals surface area (Å²) in [5, 5.41) is 0. The molecule has 0 saturated carbocycles. The van der Waals surface area contributed by atoms with Gasteiger partial charge in [-0.2, -0.15) is 13.2 Å². The smallest absolute Gasteiger partial charge is 0.337 e. The maximum Gasteiger partial charge on any atom is 0.416 e. The molecule has 0 amide bonds. The van der Waals surface area contributed by atoms with Crippen LogP contribution < -0.4 is 0 Å². The van der Waals surface area contributed by atoms with Crippen LogP contribution in [0.4, 0.5) is 13.2 Å². The van der Waals surface area contributed by atoms with E-state index >= 15 is 0 Å². The lowest BCUT2D eigenvalue weighted by Crippen LogP contribution is -2.10. The molecule has 2 nitrogen and oxygen atoms in total. The normalized spacial score (nSPS) is 13.3. The lowest BCUT2D eigenvalue weighted by atomic mass is 9.92. The number of benzene rings is 1. The monoisotopic (exact) mass is 296 g/mol. The van der Waals surface area contributed by atoms with Gasteiger partial charge in [0, 0.05) is 24.9 Å². The van der Waals surface area contributed by atoms with Gasteiger partial charge < -0.3 is 4.57 Å². The molecular formula is C16H19F3N2. The molecule has 5 heteroatoms. The number of unbranched alkanes of at least 4 members (excludes halogenated alkanes) is 1. The second kappa shape index (κ2) is 6.78. The molecule has 0 fully saturated rings. The van der Waals surface area contributed by atoms with Crippen molar-refractivity contribution in [2.75, 3.05) is 0 Å². The molecule has 0 aliphatic carbocycles. The van der Waals surface area contributed by atoms with E-state index in [0.29, 0.717) is 0 Å². The maximum atomic E-state index is 12.6. The summed E-state index contributed by atoms with van der Waals surface area (Å²) in [4.78, 5) is 4.01. The zero-order valence-electron chi connectivity index (χ0n) is 12.0. The van der Waals surface area contributed by atoms with Crippen LogP contribution in [-0.2, 0) is 12.7 Å². The summed E-state index contributed by atoms with van der Waals surface area (Å²) in [6.45, 7) is 2.85. The number of hydrogen-bond donors (Lipinski definition) is 0. The second-order valence-electron chi connectivity index (χ2n) is 5.22. The number of hydrogen-bond acceptors (Lipinski definition) is 1. The Bertz CT molecular complexity index is 530. The van der Waals surface area contributed by atoms with E-state index in [0.717, 1.165) is 31.4 Å². The van der Waals surface area contributed by atoms with E-state index in [2.05, 4.69) is 11.9 Å². The van der Waals surface area contributed by atoms with Gasteiger partial charge >= 0.3 is 6.18 Å².